The Kier molecular flexibility index (Phi) is 40.8. The van der Waals surface area contributed by atoms with Crippen LogP contribution in [0.5, 0.6) is 0 Å². The van der Waals surface area contributed by atoms with Gasteiger partial charge in [-0.3, -0.25) is 18.6 Å². The number of esters is 2. The predicted molar refractivity (Wildman–Crippen MR) is 252 cm³/mol. The molecule has 0 saturated heterocycles. The van der Waals surface area contributed by atoms with E-state index in [1.807, 2.05) is 21.1 Å². The van der Waals surface area contributed by atoms with Crippen molar-refractivity contribution >= 4 is 19.8 Å². The zero-order valence-electron chi connectivity index (χ0n) is 39.4. The number of allylic oxidation sites excluding steroid dienone is 8. The summed E-state index contributed by atoms with van der Waals surface area (Å²) < 4.78 is 34.3. The zero-order chi connectivity index (χ0) is 44.3. The third kappa shape index (κ3) is 45.5. The second kappa shape index (κ2) is 42.3. The van der Waals surface area contributed by atoms with Crippen molar-refractivity contribution in [3.63, 3.8) is 0 Å². The van der Waals surface area contributed by atoms with Crippen molar-refractivity contribution in [2.75, 3.05) is 47.5 Å². The highest BCUT2D eigenvalue weighted by molar-refractivity contribution is 7.47. The SMILES string of the molecule is CC/C=C\C/C=C\C/C=C\C/C=C\CCCCC(=O)OC(COC(=O)CCCCCCCCCCCCCCCCCCCCCCC)COP(=O)(O)OCC[N+](C)(C)C. The van der Waals surface area contributed by atoms with Gasteiger partial charge < -0.3 is 18.9 Å². The normalized spacial score (nSPS) is 13.9. The number of quaternary nitrogens is 1. The molecule has 1 N–H and O–H groups in total. The Hall–Kier alpha value is -2.03. The minimum absolute atomic E-state index is 0.0233. The molecule has 0 rings (SSSR count). The number of carbonyl (C=O) groups is 2. The van der Waals surface area contributed by atoms with E-state index in [1.165, 1.54) is 116 Å². The molecule has 2 atom stereocenters. The number of rotatable bonds is 44. The summed E-state index contributed by atoms with van der Waals surface area (Å²) in [5.74, 6) is -0.842. The van der Waals surface area contributed by atoms with Crippen LogP contribution in [0.25, 0.3) is 0 Å². The molecule has 0 bridgehead atoms. The first-order valence-corrected chi connectivity index (χ1v) is 25.9. The van der Waals surface area contributed by atoms with E-state index in [2.05, 4.69) is 62.5 Å². The molecular formula is C50H93NO8P+. The van der Waals surface area contributed by atoms with Gasteiger partial charge in [0.2, 0.25) is 0 Å². The molecule has 0 aromatic heterocycles. The van der Waals surface area contributed by atoms with Crippen LogP contribution >= 0.6 is 7.82 Å². The van der Waals surface area contributed by atoms with E-state index in [1.54, 1.807) is 0 Å². The van der Waals surface area contributed by atoms with Gasteiger partial charge in [-0.1, -0.05) is 191 Å². The Morgan fingerprint density at radius 2 is 0.950 bits per heavy atom. The van der Waals surface area contributed by atoms with Crippen molar-refractivity contribution < 1.29 is 42.1 Å². The summed E-state index contributed by atoms with van der Waals surface area (Å²) in [5, 5.41) is 0. The maximum Gasteiger partial charge on any atom is 0.472 e. The van der Waals surface area contributed by atoms with Crippen LogP contribution in [0.1, 0.15) is 206 Å². The molecule has 0 radical (unpaired) electrons. The maximum atomic E-state index is 12.7. The van der Waals surface area contributed by atoms with Crippen LogP contribution < -0.4 is 0 Å². The number of phosphoric acid groups is 1. The van der Waals surface area contributed by atoms with Gasteiger partial charge in [-0.25, -0.2) is 4.57 Å². The summed E-state index contributed by atoms with van der Waals surface area (Å²) in [6.45, 7) is 4.28. The summed E-state index contributed by atoms with van der Waals surface area (Å²) in [4.78, 5) is 35.4. The first kappa shape index (κ1) is 58.0. The fraction of sp³-hybridized carbons (Fsp3) is 0.800. The summed E-state index contributed by atoms with van der Waals surface area (Å²) in [7, 11) is 1.45. The van der Waals surface area contributed by atoms with Crippen molar-refractivity contribution in [1.29, 1.82) is 0 Å². The van der Waals surface area contributed by atoms with E-state index < -0.39 is 26.5 Å². The minimum Gasteiger partial charge on any atom is -0.462 e. The lowest BCUT2D eigenvalue weighted by molar-refractivity contribution is -0.870. The van der Waals surface area contributed by atoms with Crippen molar-refractivity contribution in [2.24, 2.45) is 0 Å². The lowest BCUT2D eigenvalue weighted by Crippen LogP contribution is -2.37. The number of nitrogens with zero attached hydrogens (tertiary/aromatic N) is 1. The Morgan fingerprint density at radius 3 is 1.42 bits per heavy atom. The number of unbranched alkanes of at least 4 members (excludes halogenated alkanes) is 22. The lowest BCUT2D eigenvalue weighted by Gasteiger charge is -2.24. The van der Waals surface area contributed by atoms with Gasteiger partial charge in [-0.2, -0.15) is 0 Å². The van der Waals surface area contributed by atoms with Gasteiger partial charge in [0.05, 0.1) is 27.7 Å². The smallest absolute Gasteiger partial charge is 0.462 e. The van der Waals surface area contributed by atoms with Crippen LogP contribution in [0.3, 0.4) is 0 Å². The molecule has 0 aliphatic heterocycles. The minimum atomic E-state index is -4.39. The number of ether oxygens (including phenoxy) is 2. The zero-order valence-corrected chi connectivity index (χ0v) is 40.3. The number of likely N-dealkylation sites (N-methyl/N-ethyl adjacent to an activating group) is 1. The standard InChI is InChI=1S/C50H92NO8P/c1-6-8-10-12-14-16-18-20-22-23-24-25-26-27-29-30-32-34-36-38-40-42-49(52)56-46-48(47-58-60(54,55)57-45-44-51(3,4)5)59-50(53)43-41-39-37-35-33-31-28-21-19-17-15-13-11-9-7-2/h9,11,15,17,21,28,33,35,48H,6-8,10,12-14,16,18-20,22-27,29-32,34,36-47H2,1-5H3/p+1/b11-9-,17-15-,28-21-,35-33-. The van der Waals surface area contributed by atoms with E-state index >= 15 is 0 Å². The summed E-state index contributed by atoms with van der Waals surface area (Å²) in [6.07, 6.45) is 50.3. The average Bonchev–Trinajstić information content (AvgIpc) is 3.20. The van der Waals surface area contributed by atoms with Crippen LogP contribution in [0.2, 0.25) is 0 Å². The van der Waals surface area contributed by atoms with Gasteiger partial charge in [-0.15, -0.1) is 0 Å². The highest BCUT2D eigenvalue weighted by atomic mass is 31.2. The van der Waals surface area contributed by atoms with Gasteiger partial charge >= 0.3 is 19.8 Å². The van der Waals surface area contributed by atoms with Crippen LogP contribution in [0.15, 0.2) is 48.6 Å². The number of hydrogen-bond donors (Lipinski definition) is 1. The van der Waals surface area contributed by atoms with Gasteiger partial charge in [-0.05, 0) is 51.4 Å². The van der Waals surface area contributed by atoms with Gasteiger partial charge in [0.1, 0.15) is 19.8 Å². The van der Waals surface area contributed by atoms with Crippen LogP contribution in [0, 0.1) is 0 Å². The molecule has 350 valence electrons. The third-order valence-electron chi connectivity index (χ3n) is 10.4. The molecule has 0 amide bonds. The number of phosphoric ester groups is 1. The Morgan fingerprint density at radius 1 is 0.533 bits per heavy atom. The summed E-state index contributed by atoms with van der Waals surface area (Å²) >= 11 is 0. The first-order chi connectivity index (χ1) is 29.0. The topological polar surface area (TPSA) is 108 Å². The predicted octanol–water partition coefficient (Wildman–Crippen LogP) is 14.2. The quantitative estimate of drug-likeness (QED) is 0.0212. The van der Waals surface area contributed by atoms with Crippen LogP contribution in [-0.2, 0) is 32.7 Å². The molecule has 0 aromatic carbocycles. The molecule has 0 heterocycles. The summed E-state index contributed by atoms with van der Waals surface area (Å²) in [6, 6.07) is 0. The number of carbonyl (C=O) groups excluding carboxylic acids is 2. The van der Waals surface area contributed by atoms with Crippen molar-refractivity contribution in [1.82, 2.24) is 0 Å². The van der Waals surface area contributed by atoms with Crippen LogP contribution in [0.4, 0.5) is 0 Å². The van der Waals surface area contributed by atoms with E-state index in [-0.39, 0.29) is 32.0 Å². The molecular weight excluding hydrogens is 774 g/mol. The van der Waals surface area contributed by atoms with Crippen molar-refractivity contribution in [3.8, 4) is 0 Å². The highest BCUT2D eigenvalue weighted by Gasteiger charge is 2.27. The molecule has 0 aliphatic rings. The van der Waals surface area contributed by atoms with Crippen LogP contribution in [-0.4, -0.2) is 74.9 Å². The fourth-order valence-corrected chi connectivity index (χ4v) is 7.34. The molecule has 0 spiro atoms. The van der Waals surface area contributed by atoms with Gasteiger partial charge in [0, 0.05) is 12.8 Å². The van der Waals surface area contributed by atoms with Crippen molar-refractivity contribution in [3.05, 3.63) is 48.6 Å². The Bertz CT molecular complexity index is 1160. The average molecular weight is 867 g/mol. The second-order valence-electron chi connectivity index (χ2n) is 17.5. The molecule has 0 aromatic rings. The highest BCUT2D eigenvalue weighted by Crippen LogP contribution is 2.43. The molecule has 0 saturated carbocycles. The molecule has 60 heavy (non-hydrogen) atoms. The third-order valence-corrected chi connectivity index (χ3v) is 11.4. The monoisotopic (exact) mass is 867 g/mol. The Balaban J connectivity index is 4.28. The number of hydrogen-bond acceptors (Lipinski definition) is 7. The lowest BCUT2D eigenvalue weighted by atomic mass is 10.0. The van der Waals surface area contributed by atoms with Gasteiger partial charge in [0.25, 0.3) is 0 Å². The summed E-state index contributed by atoms with van der Waals surface area (Å²) in [5.41, 5.74) is 0. The largest absolute Gasteiger partial charge is 0.472 e. The molecule has 10 heteroatoms. The van der Waals surface area contributed by atoms with E-state index in [9.17, 15) is 19.0 Å². The first-order valence-electron chi connectivity index (χ1n) is 24.4. The maximum absolute atomic E-state index is 12.7. The van der Waals surface area contributed by atoms with Gasteiger partial charge in [0.15, 0.2) is 6.10 Å². The van der Waals surface area contributed by atoms with Crippen molar-refractivity contribution in [2.45, 2.75) is 213 Å². The molecule has 9 nitrogen and oxygen atoms in total. The Labute approximate surface area is 369 Å². The fourth-order valence-electron chi connectivity index (χ4n) is 6.59. The second-order valence-corrected chi connectivity index (χ2v) is 18.9. The van der Waals surface area contributed by atoms with E-state index in [0.717, 1.165) is 57.8 Å². The molecule has 0 fully saturated rings. The molecule has 2 unspecified atom stereocenters. The van der Waals surface area contributed by atoms with E-state index in [0.29, 0.717) is 17.4 Å². The molecule has 0 aliphatic carbocycles. The van der Waals surface area contributed by atoms with E-state index in [4.69, 9.17) is 18.5 Å².